The van der Waals surface area contributed by atoms with Crippen molar-refractivity contribution in [2.24, 2.45) is 0 Å². The summed E-state index contributed by atoms with van der Waals surface area (Å²) in [4.78, 5) is 10.6. The number of carboxylic acids is 1. The van der Waals surface area contributed by atoms with Crippen molar-refractivity contribution < 1.29 is 9.90 Å². The van der Waals surface area contributed by atoms with E-state index in [0.29, 0.717) is 5.56 Å². The van der Waals surface area contributed by atoms with Crippen LogP contribution in [0.25, 0.3) is 11.1 Å². The molecule has 0 fully saturated rings. The molecule has 0 bridgehead atoms. The van der Waals surface area contributed by atoms with Gasteiger partial charge in [-0.05, 0) is 23.3 Å². The molecule has 14 heavy (non-hydrogen) atoms. The Morgan fingerprint density at radius 3 is 1.86 bits per heavy atom. The first-order valence-electron chi connectivity index (χ1n) is 3.99. The molecule has 0 aliphatic heterocycles. The van der Waals surface area contributed by atoms with Crippen LogP contribution in [0.2, 0.25) is 0 Å². The van der Waals surface area contributed by atoms with Crippen molar-refractivity contribution in [3.8, 4) is 11.1 Å². The minimum atomic E-state index is -0.891. The van der Waals surface area contributed by atoms with Gasteiger partial charge in [0.25, 0.3) is 0 Å². The van der Waals surface area contributed by atoms with Gasteiger partial charge < -0.3 is 5.11 Å². The van der Waals surface area contributed by atoms with E-state index in [1.54, 1.807) is 12.1 Å². The number of rotatable bonds is 1. The monoisotopic (exact) mass is 212 g/mol. The summed E-state index contributed by atoms with van der Waals surface area (Å²) >= 11 is 0. The molecule has 2 aliphatic carbocycles. The zero-order chi connectivity index (χ0) is 9.26. The summed E-state index contributed by atoms with van der Waals surface area (Å²) in [6.45, 7) is 0. The molecule has 1 N–H and O–H groups in total. The van der Waals surface area contributed by atoms with E-state index < -0.39 is 5.97 Å². The molecule has 0 atom stereocenters. The van der Waals surface area contributed by atoms with Crippen LogP contribution in [0.15, 0.2) is 42.5 Å². The van der Waals surface area contributed by atoms with Gasteiger partial charge in [0.15, 0.2) is 0 Å². The Labute approximate surface area is 125 Å². The van der Waals surface area contributed by atoms with E-state index in [9.17, 15) is 4.79 Å². The second-order valence-electron chi connectivity index (χ2n) is 2.86. The molecule has 0 saturated heterocycles. The van der Waals surface area contributed by atoms with Crippen LogP contribution in [0, 0.1) is 0 Å². The molecule has 2 nitrogen and oxygen atoms in total. The normalized spacial score (nSPS) is 9.43. The van der Waals surface area contributed by atoms with Crippen LogP contribution in [-0.4, -0.2) is 62.5 Å². The zero-order valence-corrected chi connectivity index (χ0v) is 6.90. The van der Waals surface area contributed by atoms with Crippen LogP contribution in [0.1, 0.15) is 10.4 Å². The van der Waals surface area contributed by atoms with Crippen LogP contribution in [0.5, 0.6) is 0 Å². The quantitative estimate of drug-likeness (QED) is 0.732. The summed E-state index contributed by atoms with van der Waals surface area (Å²) in [6.07, 6.45) is 0. The Kier molecular flexibility index (Phi) is 4.28. The van der Waals surface area contributed by atoms with E-state index in [2.05, 4.69) is 0 Å². The standard InChI is InChI=1S/C11H8O2.K.H/c12-11(13)10-6-4-8-2-1-3-9(8)5-7-10;;/h1-7H,(H,12,13);;. The van der Waals surface area contributed by atoms with Crippen molar-refractivity contribution >= 4 is 57.4 Å². The van der Waals surface area contributed by atoms with Gasteiger partial charge in [0.05, 0.1) is 5.56 Å². The number of aromatic carboxylic acids is 1. The van der Waals surface area contributed by atoms with E-state index in [-0.39, 0.29) is 51.4 Å². The number of carbonyl (C=O) groups is 1. The first-order valence-corrected chi connectivity index (χ1v) is 3.99. The van der Waals surface area contributed by atoms with Crippen LogP contribution >= 0.6 is 0 Å². The molecule has 0 aromatic carbocycles. The van der Waals surface area contributed by atoms with Crippen LogP contribution in [0.3, 0.4) is 0 Å². The van der Waals surface area contributed by atoms with Crippen molar-refractivity contribution in [2.45, 2.75) is 0 Å². The fourth-order valence-electron chi connectivity index (χ4n) is 1.31. The second kappa shape index (κ2) is 5.05. The molecule has 0 heterocycles. The van der Waals surface area contributed by atoms with E-state index in [0.717, 1.165) is 11.1 Å². The predicted molar refractivity (Wildman–Crippen MR) is 57.2 cm³/mol. The van der Waals surface area contributed by atoms with E-state index >= 15 is 0 Å². The van der Waals surface area contributed by atoms with Gasteiger partial charge in [0.1, 0.15) is 0 Å². The number of fused-ring (bicyclic) bond motifs is 1. The van der Waals surface area contributed by atoms with Gasteiger partial charge >= 0.3 is 57.4 Å². The van der Waals surface area contributed by atoms with Crippen LogP contribution in [0.4, 0.5) is 0 Å². The van der Waals surface area contributed by atoms with E-state index in [1.165, 1.54) is 0 Å². The third-order valence-corrected chi connectivity index (χ3v) is 2.02. The SMILES string of the molecule is O=C(O)c1ccc2cccc-2cc1.[KH]. The number of carboxylic acid groups (broad SMARTS) is 1. The van der Waals surface area contributed by atoms with Gasteiger partial charge in [-0.15, -0.1) is 0 Å². The van der Waals surface area contributed by atoms with Crippen molar-refractivity contribution in [2.75, 3.05) is 0 Å². The van der Waals surface area contributed by atoms with Gasteiger partial charge in [0, 0.05) is 0 Å². The van der Waals surface area contributed by atoms with Gasteiger partial charge in [0.2, 0.25) is 0 Å². The Morgan fingerprint density at radius 2 is 1.43 bits per heavy atom. The molecule has 0 aromatic heterocycles. The molecule has 2 rings (SSSR count). The summed E-state index contributed by atoms with van der Waals surface area (Å²) in [5.74, 6) is -0.891. The molecule has 0 unspecified atom stereocenters. The summed E-state index contributed by atoms with van der Waals surface area (Å²) in [5.41, 5.74) is 2.44. The van der Waals surface area contributed by atoms with E-state index in [4.69, 9.17) is 5.11 Å². The molecule has 2 aliphatic rings. The van der Waals surface area contributed by atoms with E-state index in [1.807, 2.05) is 30.3 Å². The molecule has 0 aromatic rings. The van der Waals surface area contributed by atoms with Crippen molar-refractivity contribution in [3.05, 3.63) is 48.0 Å². The minimum absolute atomic E-state index is 0. The van der Waals surface area contributed by atoms with Crippen LogP contribution in [-0.2, 0) is 0 Å². The molecule has 0 spiro atoms. The van der Waals surface area contributed by atoms with Crippen molar-refractivity contribution in [1.29, 1.82) is 0 Å². The Morgan fingerprint density at radius 1 is 0.929 bits per heavy atom. The first-order chi connectivity index (χ1) is 6.27. The summed E-state index contributed by atoms with van der Waals surface area (Å²) in [5, 5.41) is 8.74. The molecule has 3 heteroatoms. The number of hydrogen-bond donors (Lipinski definition) is 1. The summed E-state index contributed by atoms with van der Waals surface area (Å²) < 4.78 is 0. The fourth-order valence-corrected chi connectivity index (χ4v) is 1.31. The molecule has 0 amide bonds. The number of hydrogen-bond acceptors (Lipinski definition) is 1. The average Bonchev–Trinajstić information content (AvgIpc) is 2.44. The van der Waals surface area contributed by atoms with Crippen molar-refractivity contribution in [1.82, 2.24) is 0 Å². The Hall–Kier alpha value is -0.194. The fraction of sp³-hybridized carbons (Fsp3) is 0. The molecular weight excluding hydrogens is 203 g/mol. The van der Waals surface area contributed by atoms with Gasteiger partial charge in [-0.3, -0.25) is 0 Å². The maximum atomic E-state index is 10.6. The summed E-state index contributed by atoms with van der Waals surface area (Å²) in [7, 11) is 0. The van der Waals surface area contributed by atoms with Gasteiger partial charge in [-0.1, -0.05) is 30.3 Å². The van der Waals surface area contributed by atoms with Crippen LogP contribution < -0.4 is 0 Å². The molecule has 66 valence electrons. The topological polar surface area (TPSA) is 37.3 Å². The maximum absolute atomic E-state index is 10.6. The van der Waals surface area contributed by atoms with Crippen molar-refractivity contribution in [3.63, 3.8) is 0 Å². The zero-order valence-electron chi connectivity index (χ0n) is 6.90. The van der Waals surface area contributed by atoms with Gasteiger partial charge in [-0.25, -0.2) is 4.79 Å². The predicted octanol–water partition coefficient (Wildman–Crippen LogP) is 1.84. The second-order valence-corrected chi connectivity index (χ2v) is 2.86. The third kappa shape index (κ3) is 2.43. The molecule has 0 radical (unpaired) electrons. The van der Waals surface area contributed by atoms with Gasteiger partial charge in [-0.2, -0.15) is 0 Å². The Bertz CT molecular complexity index is 395. The summed E-state index contributed by atoms with van der Waals surface area (Å²) in [6, 6.07) is 12.7. The average molecular weight is 212 g/mol. The first kappa shape index (κ1) is 11.9. The molecular formula is C11H9KO2. The molecule has 0 saturated carbocycles. The Balaban J connectivity index is 0.000000980. The third-order valence-electron chi connectivity index (χ3n) is 2.02.